The van der Waals surface area contributed by atoms with E-state index in [2.05, 4.69) is 12.1 Å². The van der Waals surface area contributed by atoms with Gasteiger partial charge >= 0.3 is 0 Å². The van der Waals surface area contributed by atoms with Crippen LogP contribution in [0.1, 0.15) is 49.7 Å². The maximum atomic E-state index is 6.52. The topological polar surface area (TPSA) is 70.5 Å². The van der Waals surface area contributed by atoms with Crippen LogP contribution in [0, 0.1) is 11.8 Å². The molecule has 4 N–H and O–H groups in total. The minimum absolute atomic E-state index is 0.0489. The molecule has 4 heteroatoms. The predicted molar refractivity (Wildman–Crippen MR) is 153 cm³/mol. The number of anilines is 2. The van der Waals surface area contributed by atoms with Crippen molar-refractivity contribution >= 4 is 11.4 Å². The average Bonchev–Trinajstić information content (AvgIpc) is 2.89. The van der Waals surface area contributed by atoms with Gasteiger partial charge in [-0.05, 0) is 86.8 Å². The third-order valence-electron chi connectivity index (χ3n) is 9.16. The van der Waals surface area contributed by atoms with E-state index in [1.807, 2.05) is 84.9 Å². The van der Waals surface area contributed by atoms with Gasteiger partial charge in [0.15, 0.2) is 0 Å². The number of rotatable bonds is 6. The van der Waals surface area contributed by atoms with Crippen LogP contribution in [-0.2, 0) is 10.8 Å². The van der Waals surface area contributed by atoms with Gasteiger partial charge in [0.2, 0.25) is 0 Å². The Hall–Kier alpha value is -3.92. The molecular weight excluding hydrogens is 468 g/mol. The fourth-order valence-corrected chi connectivity index (χ4v) is 8.25. The van der Waals surface area contributed by atoms with E-state index in [1.54, 1.807) is 0 Å². The summed E-state index contributed by atoms with van der Waals surface area (Å²) >= 11 is 0. The number of para-hydroxylation sites is 2. The Bertz CT molecular complexity index is 1340. The summed E-state index contributed by atoms with van der Waals surface area (Å²) in [6, 6.07) is 32.7. The molecule has 0 unspecified atom stereocenters. The van der Waals surface area contributed by atoms with Gasteiger partial charge in [0, 0.05) is 45.5 Å². The molecule has 8 rings (SSSR count). The fourth-order valence-electron chi connectivity index (χ4n) is 8.25. The first-order valence-corrected chi connectivity index (χ1v) is 13.8. The molecule has 0 aliphatic heterocycles. The van der Waals surface area contributed by atoms with Gasteiger partial charge in [-0.1, -0.05) is 48.5 Å². The maximum Gasteiger partial charge on any atom is 0.133 e. The Morgan fingerprint density at radius 2 is 0.974 bits per heavy atom. The van der Waals surface area contributed by atoms with Gasteiger partial charge in [-0.3, -0.25) is 0 Å². The Labute approximate surface area is 224 Å². The van der Waals surface area contributed by atoms with Crippen LogP contribution in [0.5, 0.6) is 23.0 Å². The van der Waals surface area contributed by atoms with Gasteiger partial charge in [-0.25, -0.2) is 0 Å². The van der Waals surface area contributed by atoms with Crippen molar-refractivity contribution in [1.29, 1.82) is 0 Å². The Morgan fingerprint density at radius 1 is 0.553 bits per heavy atom. The second-order valence-corrected chi connectivity index (χ2v) is 11.9. The van der Waals surface area contributed by atoms with Crippen LogP contribution in [0.15, 0.2) is 97.1 Å². The highest BCUT2D eigenvalue weighted by atomic mass is 16.5. The molecule has 192 valence electrons. The molecule has 0 amide bonds. The second-order valence-electron chi connectivity index (χ2n) is 11.9. The van der Waals surface area contributed by atoms with Crippen molar-refractivity contribution in [1.82, 2.24) is 0 Å². The third kappa shape index (κ3) is 3.99. The summed E-state index contributed by atoms with van der Waals surface area (Å²) in [5.74, 6) is 4.84. The molecule has 4 saturated carbocycles. The lowest BCUT2D eigenvalue weighted by atomic mass is 9.41. The first kappa shape index (κ1) is 23.2. The van der Waals surface area contributed by atoms with Crippen LogP contribution in [0.4, 0.5) is 11.4 Å². The van der Waals surface area contributed by atoms with Gasteiger partial charge in [0.1, 0.15) is 23.0 Å². The zero-order valence-corrected chi connectivity index (χ0v) is 21.6. The van der Waals surface area contributed by atoms with E-state index in [9.17, 15) is 0 Å². The predicted octanol–water partition coefficient (Wildman–Crippen LogP) is 8.23. The van der Waals surface area contributed by atoms with Crippen LogP contribution in [-0.4, -0.2) is 0 Å². The van der Waals surface area contributed by atoms with Crippen molar-refractivity contribution in [2.24, 2.45) is 11.8 Å². The zero-order valence-electron chi connectivity index (χ0n) is 21.6. The Balaban J connectivity index is 1.32. The first-order chi connectivity index (χ1) is 18.5. The van der Waals surface area contributed by atoms with Crippen molar-refractivity contribution in [2.45, 2.75) is 49.4 Å². The van der Waals surface area contributed by atoms with Crippen molar-refractivity contribution in [2.75, 3.05) is 11.5 Å². The lowest BCUT2D eigenvalue weighted by Crippen LogP contribution is -2.56. The van der Waals surface area contributed by atoms with Crippen molar-refractivity contribution in [3.8, 4) is 23.0 Å². The normalized spacial score (nSPS) is 27.3. The van der Waals surface area contributed by atoms with E-state index < -0.39 is 0 Å². The number of nitrogen functional groups attached to an aromatic ring is 2. The summed E-state index contributed by atoms with van der Waals surface area (Å²) in [6.45, 7) is 0. The molecule has 0 radical (unpaired) electrons. The highest BCUT2D eigenvalue weighted by Crippen LogP contribution is 2.68. The van der Waals surface area contributed by atoms with Crippen molar-refractivity contribution < 1.29 is 9.47 Å². The highest BCUT2D eigenvalue weighted by Gasteiger charge is 2.60. The van der Waals surface area contributed by atoms with Crippen LogP contribution >= 0.6 is 0 Å². The summed E-state index contributed by atoms with van der Waals surface area (Å²) in [4.78, 5) is 0. The van der Waals surface area contributed by atoms with Crippen molar-refractivity contribution in [3.63, 3.8) is 0 Å². The average molecular weight is 503 g/mol. The third-order valence-corrected chi connectivity index (χ3v) is 9.16. The molecule has 0 atom stereocenters. The van der Waals surface area contributed by atoms with Gasteiger partial charge in [0.25, 0.3) is 0 Å². The highest BCUT2D eigenvalue weighted by molar-refractivity contribution is 5.57. The van der Waals surface area contributed by atoms with E-state index in [-0.39, 0.29) is 10.8 Å². The molecule has 4 aliphatic carbocycles. The standard InChI is InChI=1S/C34H34N2O2/c35-25-11-13-29(31(16-25)37-27-7-3-1-4-8-27)33-18-23-15-24(19-33)21-34(20-23,22-33)30-14-12-26(36)17-32(30)38-28-9-5-2-6-10-28/h1-14,16-17,23-24H,15,18-22,35-36H2. The minimum Gasteiger partial charge on any atom is -0.457 e. The summed E-state index contributed by atoms with van der Waals surface area (Å²) < 4.78 is 13.0. The molecule has 4 aliphatic rings. The lowest BCUT2D eigenvalue weighted by Gasteiger charge is -2.63. The van der Waals surface area contributed by atoms with Crippen LogP contribution < -0.4 is 20.9 Å². The number of benzene rings is 4. The summed E-state index contributed by atoms with van der Waals surface area (Å²) in [6.07, 6.45) is 7.19. The van der Waals surface area contributed by atoms with Gasteiger partial charge in [0.05, 0.1) is 0 Å². The smallest absolute Gasteiger partial charge is 0.133 e. The van der Waals surface area contributed by atoms with Gasteiger partial charge in [-0.2, -0.15) is 0 Å². The van der Waals surface area contributed by atoms with Gasteiger partial charge < -0.3 is 20.9 Å². The fraction of sp³-hybridized carbons (Fsp3) is 0.294. The molecule has 0 saturated heterocycles. The van der Waals surface area contributed by atoms with E-state index in [0.717, 1.165) is 40.8 Å². The van der Waals surface area contributed by atoms with E-state index in [0.29, 0.717) is 11.8 Å². The molecule has 4 bridgehead atoms. The molecule has 4 nitrogen and oxygen atoms in total. The van der Waals surface area contributed by atoms with Crippen LogP contribution in [0.2, 0.25) is 0 Å². The SMILES string of the molecule is Nc1ccc(C23CC4CC(C2)CC(c2ccc(N)cc2Oc2ccccc2)(C4)C3)c(Oc2ccccc2)c1. The number of nitrogens with two attached hydrogens (primary N) is 2. The van der Waals surface area contributed by atoms with Gasteiger partial charge in [-0.15, -0.1) is 0 Å². The molecule has 4 aromatic rings. The lowest BCUT2D eigenvalue weighted by molar-refractivity contribution is -0.0294. The molecule has 0 heterocycles. The summed E-state index contributed by atoms with van der Waals surface area (Å²) in [5.41, 5.74) is 16.7. The zero-order chi connectivity index (χ0) is 25.7. The monoisotopic (exact) mass is 502 g/mol. The number of ether oxygens (including phenoxy) is 2. The largest absolute Gasteiger partial charge is 0.457 e. The van der Waals surface area contributed by atoms with Crippen molar-refractivity contribution in [3.05, 3.63) is 108 Å². The summed E-state index contributed by atoms with van der Waals surface area (Å²) in [7, 11) is 0. The molecule has 0 spiro atoms. The van der Waals surface area contributed by atoms with E-state index >= 15 is 0 Å². The van der Waals surface area contributed by atoms with Crippen LogP contribution in [0.3, 0.4) is 0 Å². The minimum atomic E-state index is 0.0489. The molecule has 0 aromatic heterocycles. The molecular formula is C34H34N2O2. The summed E-state index contributed by atoms with van der Waals surface area (Å²) in [5, 5.41) is 0. The Morgan fingerprint density at radius 3 is 1.39 bits per heavy atom. The maximum absolute atomic E-state index is 6.52. The van der Waals surface area contributed by atoms with E-state index in [1.165, 1.54) is 43.2 Å². The molecule has 4 fully saturated rings. The second kappa shape index (κ2) is 8.83. The number of hydrogen-bond donors (Lipinski definition) is 2. The molecule has 38 heavy (non-hydrogen) atoms. The van der Waals surface area contributed by atoms with E-state index in [4.69, 9.17) is 20.9 Å². The quantitative estimate of drug-likeness (QED) is 0.261. The first-order valence-electron chi connectivity index (χ1n) is 13.8. The van der Waals surface area contributed by atoms with Crippen LogP contribution in [0.25, 0.3) is 0 Å². The molecule has 4 aromatic carbocycles. The number of hydrogen-bond acceptors (Lipinski definition) is 4. The Kier molecular flexibility index (Phi) is 5.40.